The standard InChI is InChI=1S/C19H23N3O2/c23-18(21-17-9-6-12-20-13-17)22(14-16-7-2-1-3-8-16)15-19(24)10-4-5-11-19/h1-3,6-9,12-13,24H,4-5,10-11,14-15H2,(H,21,23). The number of hydrogen-bond donors (Lipinski definition) is 2. The predicted molar refractivity (Wildman–Crippen MR) is 93.5 cm³/mol. The number of aromatic nitrogens is 1. The largest absolute Gasteiger partial charge is 0.388 e. The first kappa shape index (κ1) is 16.5. The smallest absolute Gasteiger partial charge is 0.322 e. The van der Waals surface area contributed by atoms with Crippen molar-refractivity contribution in [2.45, 2.75) is 37.8 Å². The summed E-state index contributed by atoms with van der Waals surface area (Å²) in [6.07, 6.45) is 6.80. The van der Waals surface area contributed by atoms with Crippen molar-refractivity contribution >= 4 is 11.7 Å². The van der Waals surface area contributed by atoms with Gasteiger partial charge in [0.1, 0.15) is 0 Å². The maximum absolute atomic E-state index is 12.7. The second-order valence-corrected chi connectivity index (χ2v) is 6.44. The normalized spacial score (nSPS) is 15.9. The molecule has 1 fully saturated rings. The Morgan fingerprint density at radius 1 is 1.17 bits per heavy atom. The van der Waals surface area contributed by atoms with E-state index in [2.05, 4.69) is 10.3 Å². The minimum absolute atomic E-state index is 0.216. The molecule has 24 heavy (non-hydrogen) atoms. The Kier molecular flexibility index (Phi) is 5.11. The van der Waals surface area contributed by atoms with Crippen LogP contribution in [0.3, 0.4) is 0 Å². The van der Waals surface area contributed by atoms with Gasteiger partial charge in [-0.1, -0.05) is 43.2 Å². The van der Waals surface area contributed by atoms with Crippen LogP contribution in [0.4, 0.5) is 10.5 Å². The third-order valence-corrected chi connectivity index (χ3v) is 4.44. The topological polar surface area (TPSA) is 65.5 Å². The third kappa shape index (κ3) is 4.32. The number of nitrogens with zero attached hydrogens (tertiary/aromatic N) is 2. The van der Waals surface area contributed by atoms with Crippen LogP contribution in [0.15, 0.2) is 54.9 Å². The van der Waals surface area contributed by atoms with Gasteiger partial charge >= 0.3 is 6.03 Å². The molecule has 126 valence electrons. The van der Waals surface area contributed by atoms with Crippen LogP contribution in [0.1, 0.15) is 31.2 Å². The van der Waals surface area contributed by atoms with Gasteiger partial charge in [-0.2, -0.15) is 0 Å². The number of carbonyl (C=O) groups excluding carboxylic acids is 1. The zero-order valence-electron chi connectivity index (χ0n) is 13.7. The van der Waals surface area contributed by atoms with E-state index in [0.717, 1.165) is 31.2 Å². The summed E-state index contributed by atoms with van der Waals surface area (Å²) in [4.78, 5) is 18.4. The number of rotatable bonds is 5. The Hall–Kier alpha value is -2.40. The van der Waals surface area contributed by atoms with Gasteiger partial charge in [-0.3, -0.25) is 4.98 Å². The van der Waals surface area contributed by atoms with Crippen LogP contribution in [-0.2, 0) is 6.54 Å². The van der Waals surface area contributed by atoms with Crippen LogP contribution in [0.2, 0.25) is 0 Å². The zero-order valence-corrected chi connectivity index (χ0v) is 13.7. The van der Waals surface area contributed by atoms with Gasteiger partial charge in [-0.05, 0) is 30.5 Å². The molecule has 2 amide bonds. The summed E-state index contributed by atoms with van der Waals surface area (Å²) >= 11 is 0. The third-order valence-electron chi connectivity index (χ3n) is 4.44. The molecule has 5 nitrogen and oxygen atoms in total. The lowest BCUT2D eigenvalue weighted by Crippen LogP contribution is -2.45. The summed E-state index contributed by atoms with van der Waals surface area (Å²) in [7, 11) is 0. The number of benzene rings is 1. The quantitative estimate of drug-likeness (QED) is 0.885. The van der Waals surface area contributed by atoms with Crippen molar-refractivity contribution in [1.29, 1.82) is 0 Å². The predicted octanol–water partition coefficient (Wildman–Crippen LogP) is 3.42. The van der Waals surface area contributed by atoms with Gasteiger partial charge in [0, 0.05) is 12.7 Å². The number of hydrogen-bond acceptors (Lipinski definition) is 3. The molecule has 1 aromatic carbocycles. The average molecular weight is 325 g/mol. The number of nitrogens with one attached hydrogen (secondary N) is 1. The lowest BCUT2D eigenvalue weighted by molar-refractivity contribution is 0.0192. The van der Waals surface area contributed by atoms with E-state index in [1.165, 1.54) is 0 Å². The number of pyridine rings is 1. The Morgan fingerprint density at radius 3 is 2.58 bits per heavy atom. The van der Waals surface area contributed by atoms with E-state index in [0.29, 0.717) is 18.8 Å². The van der Waals surface area contributed by atoms with Crippen molar-refractivity contribution in [2.24, 2.45) is 0 Å². The summed E-state index contributed by atoms with van der Waals surface area (Å²) in [5, 5.41) is 13.6. The number of carbonyl (C=O) groups is 1. The lowest BCUT2D eigenvalue weighted by atomic mass is 10.0. The highest BCUT2D eigenvalue weighted by Gasteiger charge is 2.34. The van der Waals surface area contributed by atoms with Crippen LogP contribution in [0.25, 0.3) is 0 Å². The Morgan fingerprint density at radius 2 is 1.92 bits per heavy atom. The van der Waals surface area contributed by atoms with Gasteiger partial charge in [-0.15, -0.1) is 0 Å². The van der Waals surface area contributed by atoms with Gasteiger partial charge in [-0.25, -0.2) is 4.79 Å². The molecule has 5 heteroatoms. The van der Waals surface area contributed by atoms with E-state index in [4.69, 9.17) is 0 Å². The fourth-order valence-electron chi connectivity index (χ4n) is 3.19. The summed E-state index contributed by atoms with van der Waals surface area (Å²) in [6.45, 7) is 0.809. The lowest BCUT2D eigenvalue weighted by Gasteiger charge is -2.31. The molecule has 0 aliphatic heterocycles. The van der Waals surface area contributed by atoms with Crippen LogP contribution in [0, 0.1) is 0 Å². The first-order valence-electron chi connectivity index (χ1n) is 8.37. The molecule has 1 aliphatic rings. The summed E-state index contributed by atoms with van der Waals surface area (Å²) in [6, 6.07) is 13.2. The maximum atomic E-state index is 12.7. The monoisotopic (exact) mass is 325 g/mol. The Bertz CT molecular complexity index is 655. The van der Waals surface area contributed by atoms with Gasteiger partial charge in [0.15, 0.2) is 0 Å². The van der Waals surface area contributed by atoms with Crippen LogP contribution in [0.5, 0.6) is 0 Å². The number of anilines is 1. The summed E-state index contributed by atoms with van der Waals surface area (Å²) in [5.74, 6) is 0. The summed E-state index contributed by atoms with van der Waals surface area (Å²) < 4.78 is 0. The molecule has 0 radical (unpaired) electrons. The molecule has 0 atom stereocenters. The molecular weight excluding hydrogens is 302 g/mol. The minimum atomic E-state index is -0.777. The number of aliphatic hydroxyl groups is 1. The van der Waals surface area contributed by atoms with Crippen LogP contribution < -0.4 is 5.32 Å². The van der Waals surface area contributed by atoms with Crippen LogP contribution >= 0.6 is 0 Å². The van der Waals surface area contributed by atoms with E-state index in [9.17, 15) is 9.90 Å². The van der Waals surface area contributed by atoms with E-state index >= 15 is 0 Å². The molecule has 2 N–H and O–H groups in total. The highest BCUT2D eigenvalue weighted by Crippen LogP contribution is 2.30. The molecular formula is C19H23N3O2. The van der Waals surface area contributed by atoms with Crippen LogP contribution in [-0.4, -0.2) is 33.2 Å². The molecule has 1 aromatic heterocycles. The fraction of sp³-hybridized carbons (Fsp3) is 0.368. The van der Waals surface area contributed by atoms with Crippen molar-refractivity contribution in [3.63, 3.8) is 0 Å². The molecule has 2 aromatic rings. The Labute approximate surface area is 142 Å². The van der Waals surface area contributed by atoms with E-state index in [1.807, 2.05) is 30.3 Å². The van der Waals surface area contributed by atoms with Gasteiger partial charge in [0.2, 0.25) is 0 Å². The minimum Gasteiger partial charge on any atom is -0.388 e. The van der Waals surface area contributed by atoms with Gasteiger partial charge < -0.3 is 15.3 Å². The highest BCUT2D eigenvalue weighted by molar-refractivity contribution is 5.89. The fourth-order valence-corrected chi connectivity index (χ4v) is 3.19. The molecule has 0 saturated heterocycles. The zero-order chi connectivity index (χ0) is 16.8. The first-order chi connectivity index (χ1) is 11.6. The molecule has 0 unspecified atom stereocenters. The maximum Gasteiger partial charge on any atom is 0.322 e. The summed E-state index contributed by atoms with van der Waals surface area (Å²) in [5.41, 5.74) is 0.917. The van der Waals surface area contributed by atoms with Crippen molar-refractivity contribution < 1.29 is 9.90 Å². The van der Waals surface area contributed by atoms with E-state index in [1.54, 1.807) is 29.4 Å². The molecule has 0 spiro atoms. The van der Waals surface area contributed by atoms with Crippen molar-refractivity contribution in [3.8, 4) is 0 Å². The van der Waals surface area contributed by atoms with E-state index in [-0.39, 0.29) is 6.03 Å². The second-order valence-electron chi connectivity index (χ2n) is 6.44. The molecule has 3 rings (SSSR count). The second kappa shape index (κ2) is 7.45. The molecule has 0 bridgehead atoms. The van der Waals surface area contributed by atoms with E-state index < -0.39 is 5.60 Å². The number of urea groups is 1. The molecule has 1 heterocycles. The Balaban J connectivity index is 1.74. The van der Waals surface area contributed by atoms with Gasteiger partial charge in [0.05, 0.1) is 24.0 Å². The first-order valence-corrected chi connectivity index (χ1v) is 8.37. The number of amides is 2. The molecule has 1 saturated carbocycles. The van der Waals surface area contributed by atoms with Gasteiger partial charge in [0.25, 0.3) is 0 Å². The van der Waals surface area contributed by atoms with Crippen molar-refractivity contribution in [2.75, 3.05) is 11.9 Å². The molecule has 1 aliphatic carbocycles. The van der Waals surface area contributed by atoms with Crippen molar-refractivity contribution in [3.05, 3.63) is 60.4 Å². The average Bonchev–Trinajstić information content (AvgIpc) is 3.02. The SMILES string of the molecule is O=C(Nc1cccnc1)N(Cc1ccccc1)CC1(O)CCCC1. The highest BCUT2D eigenvalue weighted by atomic mass is 16.3. The van der Waals surface area contributed by atoms with Crippen molar-refractivity contribution in [1.82, 2.24) is 9.88 Å².